The van der Waals surface area contributed by atoms with E-state index in [1.807, 2.05) is 6.07 Å². The van der Waals surface area contributed by atoms with Crippen LogP contribution < -0.4 is 5.32 Å². The molecule has 2 atom stereocenters. The molecule has 18 heavy (non-hydrogen) atoms. The molecule has 96 valence electrons. The van der Waals surface area contributed by atoms with E-state index in [0.717, 1.165) is 24.4 Å². The highest BCUT2D eigenvalue weighted by Crippen LogP contribution is 2.34. The molecule has 1 saturated carbocycles. The van der Waals surface area contributed by atoms with Crippen molar-refractivity contribution in [3.8, 4) is 11.4 Å². The summed E-state index contributed by atoms with van der Waals surface area (Å²) in [6.07, 6.45) is 6.76. The maximum Gasteiger partial charge on any atom is 0.231 e. The van der Waals surface area contributed by atoms with Crippen molar-refractivity contribution in [2.45, 2.75) is 38.1 Å². The van der Waals surface area contributed by atoms with E-state index >= 15 is 0 Å². The fourth-order valence-electron chi connectivity index (χ4n) is 2.66. The van der Waals surface area contributed by atoms with Crippen molar-refractivity contribution in [2.24, 2.45) is 0 Å². The van der Waals surface area contributed by atoms with Crippen molar-refractivity contribution < 1.29 is 8.94 Å². The number of hydrogen-bond acceptors (Lipinski definition) is 5. The van der Waals surface area contributed by atoms with Gasteiger partial charge in [0.05, 0.1) is 17.7 Å². The SMILES string of the molecule is CCNC1CCCC1c1nc(-c2ccoc2)no1. The summed E-state index contributed by atoms with van der Waals surface area (Å²) in [5.41, 5.74) is 0.864. The predicted molar refractivity (Wildman–Crippen MR) is 66.1 cm³/mol. The molecule has 0 aliphatic heterocycles. The number of nitrogens with one attached hydrogen (secondary N) is 1. The zero-order valence-electron chi connectivity index (χ0n) is 10.4. The monoisotopic (exact) mass is 247 g/mol. The topological polar surface area (TPSA) is 64.1 Å². The lowest BCUT2D eigenvalue weighted by Crippen LogP contribution is -2.31. The number of nitrogens with zero attached hydrogens (tertiary/aromatic N) is 2. The molecule has 1 aliphatic carbocycles. The van der Waals surface area contributed by atoms with E-state index in [-0.39, 0.29) is 0 Å². The molecule has 2 aromatic rings. The van der Waals surface area contributed by atoms with Crippen LogP contribution in [0, 0.1) is 0 Å². The van der Waals surface area contributed by atoms with Crippen LogP contribution in [-0.4, -0.2) is 22.7 Å². The smallest absolute Gasteiger partial charge is 0.231 e. The number of rotatable bonds is 4. The summed E-state index contributed by atoms with van der Waals surface area (Å²) >= 11 is 0. The fourth-order valence-corrected chi connectivity index (χ4v) is 2.66. The van der Waals surface area contributed by atoms with Crippen LogP contribution in [0.3, 0.4) is 0 Å². The van der Waals surface area contributed by atoms with Crippen LogP contribution in [-0.2, 0) is 0 Å². The zero-order chi connectivity index (χ0) is 12.4. The Morgan fingerprint density at radius 3 is 3.17 bits per heavy atom. The molecule has 0 amide bonds. The first-order chi connectivity index (χ1) is 8.88. The third kappa shape index (κ3) is 2.06. The lowest BCUT2D eigenvalue weighted by molar-refractivity contribution is 0.332. The number of aromatic nitrogens is 2. The fraction of sp³-hybridized carbons (Fsp3) is 0.538. The van der Waals surface area contributed by atoms with Crippen molar-refractivity contribution in [3.63, 3.8) is 0 Å². The molecular weight excluding hydrogens is 230 g/mol. The molecule has 5 heteroatoms. The van der Waals surface area contributed by atoms with Crippen molar-refractivity contribution in [2.75, 3.05) is 6.54 Å². The number of furan rings is 1. The van der Waals surface area contributed by atoms with Crippen molar-refractivity contribution in [3.05, 3.63) is 24.5 Å². The lowest BCUT2D eigenvalue weighted by Gasteiger charge is -2.16. The molecule has 1 aliphatic rings. The van der Waals surface area contributed by atoms with Gasteiger partial charge in [0.2, 0.25) is 11.7 Å². The molecule has 0 spiro atoms. The van der Waals surface area contributed by atoms with Gasteiger partial charge in [-0.1, -0.05) is 18.5 Å². The number of likely N-dealkylation sites (N-methyl/N-ethyl adjacent to an activating group) is 1. The molecule has 2 heterocycles. The van der Waals surface area contributed by atoms with E-state index < -0.39 is 0 Å². The highest BCUT2D eigenvalue weighted by Gasteiger charge is 2.32. The highest BCUT2D eigenvalue weighted by atomic mass is 16.5. The third-order valence-corrected chi connectivity index (χ3v) is 3.52. The van der Waals surface area contributed by atoms with E-state index in [4.69, 9.17) is 8.94 Å². The molecule has 2 unspecified atom stereocenters. The molecule has 5 nitrogen and oxygen atoms in total. The number of hydrogen-bond donors (Lipinski definition) is 1. The standard InChI is InChI=1S/C13H17N3O2/c1-2-14-11-5-3-4-10(11)13-15-12(16-18-13)9-6-7-17-8-9/h6-8,10-11,14H,2-5H2,1H3. The average molecular weight is 247 g/mol. The van der Waals surface area contributed by atoms with Crippen LogP contribution in [0.5, 0.6) is 0 Å². The molecule has 3 rings (SSSR count). The van der Waals surface area contributed by atoms with Crippen LogP contribution in [0.1, 0.15) is 38.0 Å². The second-order valence-corrected chi connectivity index (χ2v) is 4.67. The van der Waals surface area contributed by atoms with Gasteiger partial charge in [-0.15, -0.1) is 0 Å². The first kappa shape index (κ1) is 11.5. The average Bonchev–Trinajstić information content (AvgIpc) is 3.10. The maximum absolute atomic E-state index is 5.41. The van der Waals surface area contributed by atoms with E-state index in [1.54, 1.807) is 12.5 Å². The molecule has 2 aromatic heterocycles. The third-order valence-electron chi connectivity index (χ3n) is 3.52. The Morgan fingerprint density at radius 2 is 2.39 bits per heavy atom. The minimum atomic E-state index is 0.345. The molecule has 1 fully saturated rings. The summed E-state index contributed by atoms with van der Waals surface area (Å²) in [5.74, 6) is 1.70. The van der Waals surface area contributed by atoms with Gasteiger partial charge in [-0.05, 0) is 25.5 Å². The second kappa shape index (κ2) is 4.94. The van der Waals surface area contributed by atoms with Crippen LogP contribution in [0.25, 0.3) is 11.4 Å². The van der Waals surface area contributed by atoms with E-state index in [9.17, 15) is 0 Å². The Bertz CT molecular complexity index is 492. The van der Waals surface area contributed by atoms with Gasteiger partial charge in [0.1, 0.15) is 6.26 Å². The molecule has 0 aromatic carbocycles. The first-order valence-corrected chi connectivity index (χ1v) is 6.48. The van der Waals surface area contributed by atoms with Gasteiger partial charge in [-0.25, -0.2) is 0 Å². The van der Waals surface area contributed by atoms with Crippen LogP contribution >= 0.6 is 0 Å². The van der Waals surface area contributed by atoms with Gasteiger partial charge in [0.15, 0.2) is 0 Å². The Kier molecular flexibility index (Phi) is 3.15. The van der Waals surface area contributed by atoms with Crippen LogP contribution in [0.2, 0.25) is 0 Å². The summed E-state index contributed by atoms with van der Waals surface area (Å²) in [6.45, 7) is 3.10. The summed E-state index contributed by atoms with van der Waals surface area (Å²) in [5, 5.41) is 7.51. The minimum absolute atomic E-state index is 0.345. The maximum atomic E-state index is 5.41. The van der Waals surface area contributed by atoms with Crippen LogP contribution in [0.4, 0.5) is 0 Å². The largest absolute Gasteiger partial charge is 0.472 e. The van der Waals surface area contributed by atoms with E-state index in [2.05, 4.69) is 22.4 Å². The molecule has 0 saturated heterocycles. The Balaban J connectivity index is 1.80. The van der Waals surface area contributed by atoms with E-state index in [0.29, 0.717) is 17.8 Å². The summed E-state index contributed by atoms with van der Waals surface area (Å²) in [4.78, 5) is 4.49. The Morgan fingerprint density at radius 1 is 1.44 bits per heavy atom. The molecule has 1 N–H and O–H groups in total. The van der Waals surface area contributed by atoms with Crippen molar-refractivity contribution >= 4 is 0 Å². The quantitative estimate of drug-likeness (QED) is 0.899. The molecular formula is C13H17N3O2. The summed E-state index contributed by atoms with van der Waals surface area (Å²) < 4.78 is 10.4. The normalized spacial score (nSPS) is 23.6. The zero-order valence-corrected chi connectivity index (χ0v) is 10.4. The summed E-state index contributed by atoms with van der Waals surface area (Å²) in [6, 6.07) is 2.30. The van der Waals surface area contributed by atoms with E-state index in [1.165, 1.54) is 12.8 Å². The van der Waals surface area contributed by atoms with Gasteiger partial charge >= 0.3 is 0 Å². The van der Waals surface area contributed by atoms with Gasteiger partial charge < -0.3 is 14.3 Å². The summed E-state index contributed by atoms with van der Waals surface area (Å²) in [7, 11) is 0. The van der Waals surface area contributed by atoms with Gasteiger partial charge in [0, 0.05) is 6.04 Å². The Hall–Kier alpha value is -1.62. The van der Waals surface area contributed by atoms with Crippen molar-refractivity contribution in [1.29, 1.82) is 0 Å². The highest BCUT2D eigenvalue weighted by molar-refractivity contribution is 5.51. The molecule has 0 bridgehead atoms. The lowest BCUT2D eigenvalue weighted by atomic mass is 10.0. The van der Waals surface area contributed by atoms with Crippen molar-refractivity contribution in [1.82, 2.24) is 15.5 Å². The predicted octanol–water partition coefficient (Wildman–Crippen LogP) is 2.58. The Labute approximate surface area is 106 Å². The van der Waals surface area contributed by atoms with Gasteiger partial charge in [0.25, 0.3) is 0 Å². The molecule has 0 radical (unpaired) electrons. The van der Waals surface area contributed by atoms with Crippen LogP contribution in [0.15, 0.2) is 27.5 Å². The second-order valence-electron chi connectivity index (χ2n) is 4.67. The van der Waals surface area contributed by atoms with Gasteiger partial charge in [-0.2, -0.15) is 4.98 Å². The minimum Gasteiger partial charge on any atom is -0.472 e. The van der Waals surface area contributed by atoms with Gasteiger partial charge in [-0.3, -0.25) is 0 Å². The first-order valence-electron chi connectivity index (χ1n) is 6.48.